The molecule has 0 aliphatic carbocycles. The van der Waals surface area contributed by atoms with E-state index in [0.717, 1.165) is 12.0 Å². The van der Waals surface area contributed by atoms with Gasteiger partial charge in [0.25, 0.3) is 0 Å². The highest BCUT2D eigenvalue weighted by atomic mass is 15.2. The zero-order valence-corrected chi connectivity index (χ0v) is 11.6. The molecule has 2 fully saturated rings. The first-order valence-corrected chi connectivity index (χ1v) is 7.43. The fraction of sp³-hybridized carbons (Fsp3) is 1.00. The van der Waals surface area contributed by atoms with Crippen LogP contribution in [0.1, 0.15) is 32.6 Å². The van der Waals surface area contributed by atoms with Gasteiger partial charge in [-0.1, -0.05) is 6.92 Å². The third-order valence-corrected chi connectivity index (χ3v) is 4.29. The van der Waals surface area contributed by atoms with Crippen molar-refractivity contribution in [2.24, 2.45) is 5.92 Å². The number of piperidine rings is 1. The molecular formula is C14H29N3. The van der Waals surface area contributed by atoms with Crippen LogP contribution in [0.3, 0.4) is 0 Å². The average Bonchev–Trinajstić information content (AvgIpc) is 2.77. The van der Waals surface area contributed by atoms with Crippen molar-refractivity contribution in [3.05, 3.63) is 0 Å². The first-order chi connectivity index (χ1) is 8.29. The van der Waals surface area contributed by atoms with Crippen molar-refractivity contribution in [2.45, 2.75) is 38.6 Å². The SMILES string of the molecule is CCCN(CC1CCCNC1)C1CCN(C)C1. The highest BCUT2D eigenvalue weighted by Crippen LogP contribution is 2.19. The molecule has 3 heteroatoms. The summed E-state index contributed by atoms with van der Waals surface area (Å²) >= 11 is 0. The second-order valence-corrected chi connectivity index (χ2v) is 5.91. The molecule has 2 aliphatic heterocycles. The van der Waals surface area contributed by atoms with E-state index in [1.807, 2.05) is 0 Å². The van der Waals surface area contributed by atoms with Gasteiger partial charge in [-0.2, -0.15) is 0 Å². The third kappa shape index (κ3) is 3.94. The summed E-state index contributed by atoms with van der Waals surface area (Å²) in [6.07, 6.45) is 5.46. The number of hydrogen-bond acceptors (Lipinski definition) is 3. The molecule has 2 aliphatic rings. The summed E-state index contributed by atoms with van der Waals surface area (Å²) in [5, 5.41) is 3.54. The summed E-state index contributed by atoms with van der Waals surface area (Å²) in [5.41, 5.74) is 0. The average molecular weight is 239 g/mol. The Morgan fingerprint density at radius 3 is 2.82 bits per heavy atom. The van der Waals surface area contributed by atoms with E-state index >= 15 is 0 Å². The molecular weight excluding hydrogens is 210 g/mol. The summed E-state index contributed by atoms with van der Waals surface area (Å²) in [6.45, 7) is 9.95. The third-order valence-electron chi connectivity index (χ3n) is 4.29. The number of nitrogens with one attached hydrogen (secondary N) is 1. The fourth-order valence-electron chi connectivity index (χ4n) is 3.33. The number of hydrogen-bond donors (Lipinski definition) is 1. The van der Waals surface area contributed by atoms with Crippen molar-refractivity contribution in [2.75, 3.05) is 46.3 Å². The quantitative estimate of drug-likeness (QED) is 0.782. The van der Waals surface area contributed by atoms with Crippen molar-refractivity contribution in [3.8, 4) is 0 Å². The summed E-state index contributed by atoms with van der Waals surface area (Å²) in [7, 11) is 2.26. The Bertz CT molecular complexity index is 214. The first kappa shape index (κ1) is 13.3. The van der Waals surface area contributed by atoms with Crippen LogP contribution in [0, 0.1) is 5.92 Å². The second-order valence-electron chi connectivity index (χ2n) is 5.91. The molecule has 0 spiro atoms. The van der Waals surface area contributed by atoms with E-state index in [9.17, 15) is 0 Å². The van der Waals surface area contributed by atoms with Gasteiger partial charge >= 0.3 is 0 Å². The molecule has 2 atom stereocenters. The van der Waals surface area contributed by atoms with Gasteiger partial charge < -0.3 is 10.2 Å². The molecule has 2 saturated heterocycles. The van der Waals surface area contributed by atoms with Crippen molar-refractivity contribution in [1.29, 1.82) is 0 Å². The molecule has 0 radical (unpaired) electrons. The normalized spacial score (nSPS) is 31.2. The van der Waals surface area contributed by atoms with Crippen LogP contribution in [0.5, 0.6) is 0 Å². The molecule has 2 heterocycles. The molecule has 17 heavy (non-hydrogen) atoms. The zero-order chi connectivity index (χ0) is 12.1. The lowest BCUT2D eigenvalue weighted by molar-refractivity contribution is 0.155. The summed E-state index contributed by atoms with van der Waals surface area (Å²) in [4.78, 5) is 5.24. The predicted molar refractivity (Wildman–Crippen MR) is 73.4 cm³/mol. The van der Waals surface area contributed by atoms with Crippen LogP contribution in [-0.2, 0) is 0 Å². The fourth-order valence-corrected chi connectivity index (χ4v) is 3.33. The smallest absolute Gasteiger partial charge is 0.0235 e. The molecule has 0 aromatic rings. The van der Waals surface area contributed by atoms with Crippen molar-refractivity contribution in [3.63, 3.8) is 0 Å². The van der Waals surface area contributed by atoms with Crippen LogP contribution in [0.4, 0.5) is 0 Å². The molecule has 0 amide bonds. The van der Waals surface area contributed by atoms with E-state index in [4.69, 9.17) is 0 Å². The van der Waals surface area contributed by atoms with E-state index in [-0.39, 0.29) is 0 Å². The van der Waals surface area contributed by atoms with E-state index in [1.54, 1.807) is 0 Å². The maximum absolute atomic E-state index is 3.54. The van der Waals surface area contributed by atoms with Crippen LogP contribution in [0.25, 0.3) is 0 Å². The van der Waals surface area contributed by atoms with Crippen LogP contribution in [0.2, 0.25) is 0 Å². The van der Waals surface area contributed by atoms with Crippen molar-refractivity contribution >= 4 is 0 Å². The second kappa shape index (κ2) is 6.72. The molecule has 0 aromatic carbocycles. The number of rotatable bonds is 5. The minimum Gasteiger partial charge on any atom is -0.316 e. The molecule has 100 valence electrons. The van der Waals surface area contributed by atoms with E-state index < -0.39 is 0 Å². The van der Waals surface area contributed by atoms with Gasteiger partial charge in [-0.15, -0.1) is 0 Å². The summed E-state index contributed by atoms with van der Waals surface area (Å²) in [6, 6.07) is 0.821. The summed E-state index contributed by atoms with van der Waals surface area (Å²) in [5.74, 6) is 0.890. The Kier molecular flexibility index (Phi) is 5.26. The maximum atomic E-state index is 3.54. The van der Waals surface area contributed by atoms with E-state index in [0.29, 0.717) is 0 Å². The Morgan fingerprint density at radius 1 is 1.35 bits per heavy atom. The predicted octanol–water partition coefficient (Wildman–Crippen LogP) is 1.40. The molecule has 0 saturated carbocycles. The van der Waals surface area contributed by atoms with Gasteiger partial charge in [0, 0.05) is 19.1 Å². The number of likely N-dealkylation sites (N-methyl/N-ethyl adjacent to an activating group) is 1. The highest BCUT2D eigenvalue weighted by Gasteiger charge is 2.27. The Labute approximate surface area is 107 Å². The zero-order valence-electron chi connectivity index (χ0n) is 11.6. The monoisotopic (exact) mass is 239 g/mol. The van der Waals surface area contributed by atoms with Gasteiger partial charge in [0.05, 0.1) is 0 Å². The van der Waals surface area contributed by atoms with Crippen LogP contribution in [-0.4, -0.2) is 62.2 Å². The Morgan fingerprint density at radius 2 is 2.24 bits per heavy atom. The number of likely N-dealkylation sites (tertiary alicyclic amines) is 1. The highest BCUT2D eigenvalue weighted by molar-refractivity contribution is 4.84. The standard InChI is InChI=1S/C14H29N3/c1-3-8-17(14-6-9-16(2)12-14)11-13-5-4-7-15-10-13/h13-15H,3-12H2,1-2H3. The molecule has 2 unspecified atom stereocenters. The lowest BCUT2D eigenvalue weighted by Crippen LogP contribution is -2.44. The molecule has 2 rings (SSSR count). The molecule has 1 N–H and O–H groups in total. The van der Waals surface area contributed by atoms with E-state index in [1.165, 1.54) is 65.0 Å². The van der Waals surface area contributed by atoms with Crippen LogP contribution < -0.4 is 5.32 Å². The molecule has 0 aromatic heterocycles. The van der Waals surface area contributed by atoms with Gasteiger partial charge in [-0.25, -0.2) is 0 Å². The van der Waals surface area contributed by atoms with Crippen LogP contribution >= 0.6 is 0 Å². The van der Waals surface area contributed by atoms with Crippen molar-refractivity contribution < 1.29 is 0 Å². The number of nitrogens with zero attached hydrogens (tertiary/aromatic N) is 2. The van der Waals surface area contributed by atoms with Gasteiger partial charge in [0.15, 0.2) is 0 Å². The largest absolute Gasteiger partial charge is 0.316 e. The Hall–Kier alpha value is -0.120. The lowest BCUT2D eigenvalue weighted by Gasteiger charge is -2.34. The van der Waals surface area contributed by atoms with Gasteiger partial charge in [-0.05, 0) is 64.8 Å². The lowest BCUT2D eigenvalue weighted by atomic mass is 9.98. The maximum Gasteiger partial charge on any atom is 0.0235 e. The minimum absolute atomic E-state index is 0.821. The Balaban J connectivity index is 1.82. The van der Waals surface area contributed by atoms with Gasteiger partial charge in [0.2, 0.25) is 0 Å². The topological polar surface area (TPSA) is 18.5 Å². The minimum atomic E-state index is 0.821. The van der Waals surface area contributed by atoms with E-state index in [2.05, 4.69) is 29.1 Å². The first-order valence-electron chi connectivity index (χ1n) is 7.43. The summed E-state index contributed by atoms with van der Waals surface area (Å²) < 4.78 is 0. The van der Waals surface area contributed by atoms with Gasteiger partial charge in [0.1, 0.15) is 0 Å². The molecule has 0 bridgehead atoms. The van der Waals surface area contributed by atoms with Crippen LogP contribution in [0.15, 0.2) is 0 Å². The van der Waals surface area contributed by atoms with Crippen molar-refractivity contribution in [1.82, 2.24) is 15.1 Å². The molecule has 3 nitrogen and oxygen atoms in total. The van der Waals surface area contributed by atoms with Gasteiger partial charge in [-0.3, -0.25) is 4.90 Å².